The van der Waals surface area contributed by atoms with Crippen LogP contribution in [0, 0.1) is 17.7 Å². The zero-order valence-corrected chi connectivity index (χ0v) is 29.4. The van der Waals surface area contributed by atoms with Gasteiger partial charge in [-0.2, -0.15) is 5.21 Å². The molecule has 2 aliphatic rings. The molecule has 0 unspecified atom stereocenters. The van der Waals surface area contributed by atoms with E-state index in [2.05, 4.69) is 36.6 Å². The Balaban J connectivity index is 1.16. The van der Waals surface area contributed by atoms with Crippen molar-refractivity contribution in [3.8, 4) is 22.5 Å². The van der Waals surface area contributed by atoms with Crippen molar-refractivity contribution in [1.82, 2.24) is 30.8 Å². The van der Waals surface area contributed by atoms with E-state index in [4.69, 9.17) is 0 Å². The standard InChI is InChI=1S/C38H43FN8O5/c1-38(2,3)47(37(51)52)21-23-6-10-26(11-7-23)35(49)42-32(36(50)40-28-15-16-29(30(39)20-28)34-43-45-46-44-34)18-22-4-8-24(9-5-22)27-13-12-25-14-17-33(48)41-31(25)19-27/h4-5,8-9,12-13,15-16,19-20,23,26,32H,6-7,10-11,14,17-18,21H2,1-3H3,(H,40,50)(H,41,48)(H,42,49)(H,51,52)(H,43,44,45,46)/t23-,26-,32-/m0/s1. The highest BCUT2D eigenvalue weighted by Crippen LogP contribution is 2.32. The second kappa shape index (κ2) is 15.3. The molecule has 3 aromatic carbocycles. The minimum Gasteiger partial charge on any atom is -0.465 e. The van der Waals surface area contributed by atoms with Gasteiger partial charge in [0.25, 0.3) is 0 Å². The van der Waals surface area contributed by atoms with Gasteiger partial charge in [0.05, 0.1) is 5.56 Å². The number of carbonyl (C=O) groups excluding carboxylic acids is 3. The van der Waals surface area contributed by atoms with E-state index in [1.54, 1.807) is 0 Å². The first kappa shape index (κ1) is 36.1. The summed E-state index contributed by atoms with van der Waals surface area (Å²) in [5.41, 5.74) is 4.34. The number of carbonyl (C=O) groups is 4. The van der Waals surface area contributed by atoms with Gasteiger partial charge in [-0.25, -0.2) is 9.18 Å². The quantitative estimate of drug-likeness (QED) is 0.137. The summed E-state index contributed by atoms with van der Waals surface area (Å²) in [5.74, 6) is -1.54. The lowest BCUT2D eigenvalue weighted by Gasteiger charge is -2.38. The minimum absolute atomic E-state index is 0.00423. The van der Waals surface area contributed by atoms with Gasteiger partial charge in [0.1, 0.15) is 11.9 Å². The zero-order chi connectivity index (χ0) is 37.0. The number of aromatic amines is 1. The number of amides is 4. The molecule has 5 N–H and O–H groups in total. The molecule has 0 spiro atoms. The highest BCUT2D eigenvalue weighted by molar-refractivity contribution is 5.98. The summed E-state index contributed by atoms with van der Waals surface area (Å²) in [5, 5.41) is 31.7. The average molecular weight is 711 g/mol. The average Bonchev–Trinajstić information content (AvgIpc) is 3.65. The molecule has 1 aliphatic heterocycles. The third-order valence-corrected chi connectivity index (χ3v) is 9.89. The second-order valence-corrected chi connectivity index (χ2v) is 14.6. The van der Waals surface area contributed by atoms with E-state index < -0.39 is 29.4 Å². The molecule has 1 aliphatic carbocycles. The first-order valence-electron chi connectivity index (χ1n) is 17.5. The fourth-order valence-corrected chi connectivity index (χ4v) is 6.90. The molecule has 0 saturated heterocycles. The summed E-state index contributed by atoms with van der Waals surface area (Å²) < 4.78 is 15.0. The minimum atomic E-state index is -0.974. The van der Waals surface area contributed by atoms with E-state index in [9.17, 15) is 28.7 Å². The van der Waals surface area contributed by atoms with E-state index in [1.807, 2.05) is 63.2 Å². The molecule has 272 valence electrons. The molecule has 13 nitrogen and oxygen atoms in total. The number of H-pyrrole nitrogens is 1. The van der Waals surface area contributed by atoms with Gasteiger partial charge in [-0.1, -0.05) is 36.4 Å². The number of anilines is 2. The van der Waals surface area contributed by atoms with Gasteiger partial charge in [0, 0.05) is 42.2 Å². The Morgan fingerprint density at radius 3 is 2.37 bits per heavy atom. The Labute approximate surface area is 300 Å². The summed E-state index contributed by atoms with van der Waals surface area (Å²) in [6, 6.07) is 16.8. The van der Waals surface area contributed by atoms with Crippen LogP contribution in [-0.4, -0.2) is 72.6 Å². The van der Waals surface area contributed by atoms with Gasteiger partial charge in [-0.15, -0.1) is 10.2 Å². The number of nitrogens with one attached hydrogen (secondary N) is 4. The summed E-state index contributed by atoms with van der Waals surface area (Å²) in [4.78, 5) is 52.7. The summed E-state index contributed by atoms with van der Waals surface area (Å²) in [6.07, 6.45) is 2.90. The summed E-state index contributed by atoms with van der Waals surface area (Å²) in [7, 11) is 0. The van der Waals surface area contributed by atoms with Crippen molar-refractivity contribution in [3.63, 3.8) is 0 Å². The fourth-order valence-electron chi connectivity index (χ4n) is 6.90. The number of benzene rings is 3. The Bertz CT molecular complexity index is 1940. The fraction of sp³-hybridized carbons (Fsp3) is 0.395. The first-order chi connectivity index (χ1) is 24.8. The highest BCUT2D eigenvalue weighted by Gasteiger charge is 2.34. The highest BCUT2D eigenvalue weighted by atomic mass is 19.1. The van der Waals surface area contributed by atoms with Crippen LogP contribution in [0.15, 0.2) is 60.7 Å². The van der Waals surface area contributed by atoms with Crippen molar-refractivity contribution in [1.29, 1.82) is 0 Å². The molecule has 14 heteroatoms. The van der Waals surface area contributed by atoms with Crippen LogP contribution in [0.4, 0.5) is 20.6 Å². The van der Waals surface area contributed by atoms with E-state index >= 15 is 0 Å². The normalized spacial score (nSPS) is 17.7. The van der Waals surface area contributed by atoms with Crippen molar-refractivity contribution in [3.05, 3.63) is 77.6 Å². The van der Waals surface area contributed by atoms with Crippen molar-refractivity contribution < 1.29 is 28.7 Å². The molecule has 2 heterocycles. The molecule has 4 amide bonds. The maximum Gasteiger partial charge on any atom is 0.407 e. The van der Waals surface area contributed by atoms with Crippen molar-refractivity contribution >= 4 is 35.2 Å². The molecule has 0 radical (unpaired) electrons. The van der Waals surface area contributed by atoms with Gasteiger partial charge >= 0.3 is 6.09 Å². The number of rotatable bonds is 10. The first-order valence-corrected chi connectivity index (χ1v) is 17.5. The molecule has 0 bridgehead atoms. The van der Waals surface area contributed by atoms with Crippen LogP contribution in [0.3, 0.4) is 0 Å². The SMILES string of the molecule is CC(C)(C)N(C[C@H]1CC[C@H](C(=O)N[C@@H](Cc2ccc(-c3ccc4c(c3)NC(=O)CC4)cc2)C(=O)Nc2ccc(-c3nn[nH]n3)c(F)c2)CC1)C(=O)O. The van der Waals surface area contributed by atoms with Gasteiger partial charge < -0.3 is 26.0 Å². The number of aromatic nitrogens is 4. The summed E-state index contributed by atoms with van der Waals surface area (Å²) >= 11 is 0. The molecule has 6 rings (SSSR count). The zero-order valence-electron chi connectivity index (χ0n) is 29.4. The summed E-state index contributed by atoms with van der Waals surface area (Å²) in [6.45, 7) is 6.00. The second-order valence-electron chi connectivity index (χ2n) is 14.6. The van der Waals surface area contributed by atoms with Crippen molar-refractivity contribution in [2.45, 2.75) is 77.3 Å². The van der Waals surface area contributed by atoms with Crippen LogP contribution in [0.25, 0.3) is 22.5 Å². The van der Waals surface area contributed by atoms with Gasteiger partial charge in [0.15, 0.2) is 0 Å². The lowest BCUT2D eigenvalue weighted by atomic mass is 9.80. The lowest BCUT2D eigenvalue weighted by molar-refractivity contribution is -0.130. The number of aryl methyl sites for hydroxylation is 1. The van der Waals surface area contributed by atoms with Crippen LogP contribution >= 0.6 is 0 Å². The molecule has 1 aromatic heterocycles. The molecule has 1 fully saturated rings. The Hall–Kier alpha value is -5.66. The Morgan fingerprint density at radius 1 is 0.981 bits per heavy atom. The van der Waals surface area contributed by atoms with E-state index in [-0.39, 0.29) is 47.1 Å². The van der Waals surface area contributed by atoms with Gasteiger partial charge in [-0.05, 0) is 111 Å². The number of hydrogen-bond acceptors (Lipinski definition) is 7. The van der Waals surface area contributed by atoms with E-state index in [0.717, 1.165) is 34.0 Å². The lowest BCUT2D eigenvalue weighted by Crippen LogP contribution is -2.49. The number of halogens is 1. The third kappa shape index (κ3) is 8.61. The number of nitrogens with zero attached hydrogens (tertiary/aromatic N) is 4. The molecular weight excluding hydrogens is 667 g/mol. The number of carboxylic acid groups (broad SMARTS) is 1. The molecule has 52 heavy (non-hydrogen) atoms. The van der Waals surface area contributed by atoms with Crippen LogP contribution in [0.1, 0.15) is 64.0 Å². The van der Waals surface area contributed by atoms with E-state index in [0.29, 0.717) is 45.1 Å². The Kier molecular flexibility index (Phi) is 10.6. The van der Waals surface area contributed by atoms with Crippen molar-refractivity contribution in [2.24, 2.45) is 11.8 Å². The van der Waals surface area contributed by atoms with Gasteiger partial charge in [-0.3, -0.25) is 14.4 Å². The smallest absolute Gasteiger partial charge is 0.407 e. The number of fused-ring (bicyclic) bond motifs is 1. The largest absolute Gasteiger partial charge is 0.465 e. The maximum atomic E-state index is 15.0. The van der Waals surface area contributed by atoms with Crippen molar-refractivity contribution in [2.75, 3.05) is 17.2 Å². The molecule has 1 atom stereocenters. The molecule has 4 aromatic rings. The Morgan fingerprint density at radius 2 is 1.71 bits per heavy atom. The van der Waals surface area contributed by atoms with Crippen LogP contribution in [0.5, 0.6) is 0 Å². The predicted octanol–water partition coefficient (Wildman–Crippen LogP) is 5.81. The van der Waals surface area contributed by atoms with Crippen LogP contribution < -0.4 is 16.0 Å². The van der Waals surface area contributed by atoms with Crippen LogP contribution in [0.2, 0.25) is 0 Å². The monoisotopic (exact) mass is 710 g/mol. The third-order valence-electron chi connectivity index (χ3n) is 9.89. The predicted molar refractivity (Wildman–Crippen MR) is 193 cm³/mol. The molecular formula is C38H43FN8O5. The molecule has 1 saturated carbocycles. The number of tetrazole rings is 1. The van der Waals surface area contributed by atoms with E-state index in [1.165, 1.54) is 17.0 Å². The number of hydrogen-bond donors (Lipinski definition) is 5. The van der Waals surface area contributed by atoms with Gasteiger partial charge in [0.2, 0.25) is 23.5 Å². The maximum absolute atomic E-state index is 15.0. The van der Waals surface area contributed by atoms with Crippen LogP contribution in [-0.2, 0) is 27.2 Å². The topological polar surface area (TPSA) is 182 Å².